The molecular weight excluding hydrogens is 350 g/mol. The lowest BCUT2D eigenvalue weighted by atomic mass is 10.2. The van der Waals surface area contributed by atoms with Crippen molar-refractivity contribution >= 4 is 29.1 Å². The molecule has 0 aliphatic rings. The molecule has 0 aliphatic carbocycles. The van der Waals surface area contributed by atoms with E-state index in [0.29, 0.717) is 6.54 Å². The third-order valence-corrected chi connectivity index (χ3v) is 6.00. The summed E-state index contributed by atoms with van der Waals surface area (Å²) in [4.78, 5) is 15.8. The SMILES string of the molecule is CCCCSc1cccc(CN(CCC(=O)O)Cc2cc(C)cs2)c1. The Labute approximate surface area is 159 Å². The van der Waals surface area contributed by atoms with E-state index in [9.17, 15) is 4.79 Å². The second-order valence-corrected chi connectivity index (χ2v) is 8.46. The van der Waals surface area contributed by atoms with Crippen LogP contribution in [0, 0.1) is 6.92 Å². The largest absolute Gasteiger partial charge is 0.481 e. The van der Waals surface area contributed by atoms with Crippen LogP contribution in [0.15, 0.2) is 40.6 Å². The summed E-state index contributed by atoms with van der Waals surface area (Å²) in [6.45, 7) is 6.47. The van der Waals surface area contributed by atoms with Crippen molar-refractivity contribution in [3.05, 3.63) is 51.7 Å². The Kier molecular flexibility index (Phi) is 8.52. The summed E-state index contributed by atoms with van der Waals surface area (Å²) < 4.78 is 0. The van der Waals surface area contributed by atoms with Gasteiger partial charge in [0.15, 0.2) is 0 Å². The molecule has 0 bridgehead atoms. The molecule has 3 nitrogen and oxygen atoms in total. The third kappa shape index (κ3) is 7.63. The Bertz CT molecular complexity index is 669. The Hall–Kier alpha value is -1.30. The van der Waals surface area contributed by atoms with Crippen LogP contribution in [0.3, 0.4) is 0 Å². The normalized spacial score (nSPS) is 11.2. The number of unbranched alkanes of at least 4 members (excludes halogenated alkanes) is 1. The second-order valence-electron chi connectivity index (χ2n) is 6.29. The van der Waals surface area contributed by atoms with Crippen LogP contribution in [0.25, 0.3) is 0 Å². The zero-order valence-corrected chi connectivity index (χ0v) is 16.7. The first-order valence-corrected chi connectivity index (χ1v) is 10.6. The Morgan fingerprint density at radius 3 is 2.80 bits per heavy atom. The van der Waals surface area contributed by atoms with Crippen molar-refractivity contribution in [2.45, 2.75) is 51.1 Å². The molecule has 136 valence electrons. The van der Waals surface area contributed by atoms with Crippen LogP contribution in [0.1, 0.15) is 42.2 Å². The van der Waals surface area contributed by atoms with Crippen molar-refractivity contribution in [2.75, 3.05) is 12.3 Å². The molecule has 0 saturated carbocycles. The Morgan fingerprint density at radius 1 is 1.28 bits per heavy atom. The molecule has 0 aliphatic heterocycles. The highest BCUT2D eigenvalue weighted by Crippen LogP contribution is 2.22. The maximum atomic E-state index is 11.0. The van der Waals surface area contributed by atoms with Gasteiger partial charge in [0.05, 0.1) is 6.42 Å². The van der Waals surface area contributed by atoms with Crippen LogP contribution < -0.4 is 0 Å². The third-order valence-electron chi connectivity index (χ3n) is 3.88. The molecule has 0 spiro atoms. The first kappa shape index (κ1) is 20.0. The molecule has 2 rings (SSSR count). The van der Waals surface area contributed by atoms with Crippen LogP contribution in [0.4, 0.5) is 0 Å². The highest BCUT2D eigenvalue weighted by molar-refractivity contribution is 7.99. The number of aryl methyl sites for hydroxylation is 1. The number of carboxylic acid groups (broad SMARTS) is 1. The van der Waals surface area contributed by atoms with Crippen molar-refractivity contribution in [1.82, 2.24) is 4.90 Å². The average Bonchev–Trinajstić information content (AvgIpc) is 2.98. The van der Waals surface area contributed by atoms with Gasteiger partial charge in [-0.05, 0) is 53.8 Å². The van der Waals surface area contributed by atoms with E-state index in [1.54, 1.807) is 11.3 Å². The summed E-state index contributed by atoms with van der Waals surface area (Å²) in [5.41, 5.74) is 2.52. The summed E-state index contributed by atoms with van der Waals surface area (Å²) in [5, 5.41) is 11.2. The number of nitrogens with zero attached hydrogens (tertiary/aromatic N) is 1. The van der Waals surface area contributed by atoms with Gasteiger partial charge in [-0.25, -0.2) is 0 Å². The van der Waals surface area contributed by atoms with Gasteiger partial charge < -0.3 is 5.11 Å². The molecule has 1 aromatic carbocycles. The van der Waals surface area contributed by atoms with Gasteiger partial charge in [0, 0.05) is 29.4 Å². The summed E-state index contributed by atoms with van der Waals surface area (Å²) in [6, 6.07) is 10.8. The van der Waals surface area contributed by atoms with Crippen molar-refractivity contribution in [2.24, 2.45) is 0 Å². The Morgan fingerprint density at radius 2 is 2.12 bits per heavy atom. The van der Waals surface area contributed by atoms with Gasteiger partial charge >= 0.3 is 5.97 Å². The molecule has 0 saturated heterocycles. The highest BCUT2D eigenvalue weighted by atomic mass is 32.2. The molecule has 5 heteroatoms. The van der Waals surface area contributed by atoms with E-state index in [1.165, 1.54) is 33.7 Å². The zero-order valence-electron chi connectivity index (χ0n) is 15.0. The number of carbonyl (C=O) groups is 1. The smallest absolute Gasteiger partial charge is 0.304 e. The summed E-state index contributed by atoms with van der Waals surface area (Å²) >= 11 is 3.65. The van der Waals surface area contributed by atoms with Gasteiger partial charge in [0.2, 0.25) is 0 Å². The van der Waals surface area contributed by atoms with Crippen molar-refractivity contribution in [3.63, 3.8) is 0 Å². The lowest BCUT2D eigenvalue weighted by molar-refractivity contribution is -0.137. The number of aliphatic carboxylic acids is 1. The quantitative estimate of drug-likeness (QED) is 0.419. The molecule has 0 atom stereocenters. The highest BCUT2D eigenvalue weighted by Gasteiger charge is 2.11. The lowest BCUT2D eigenvalue weighted by Crippen LogP contribution is -2.25. The van der Waals surface area contributed by atoms with E-state index in [-0.39, 0.29) is 6.42 Å². The fourth-order valence-electron chi connectivity index (χ4n) is 2.59. The maximum absolute atomic E-state index is 11.0. The number of thiophene rings is 1. The number of hydrogen-bond acceptors (Lipinski definition) is 4. The van der Waals surface area contributed by atoms with Gasteiger partial charge in [0.1, 0.15) is 0 Å². The number of benzene rings is 1. The van der Waals surface area contributed by atoms with Gasteiger partial charge in [-0.1, -0.05) is 25.5 Å². The topological polar surface area (TPSA) is 40.5 Å². The molecule has 25 heavy (non-hydrogen) atoms. The molecule has 0 unspecified atom stereocenters. The van der Waals surface area contributed by atoms with Crippen LogP contribution in [-0.2, 0) is 17.9 Å². The molecule has 1 aromatic heterocycles. The standard InChI is InChI=1S/C20H27NO2S2/c1-3-4-10-24-18-7-5-6-17(12-18)13-21(9-8-20(22)23)14-19-11-16(2)15-25-19/h5-7,11-12,15H,3-4,8-10,13-14H2,1-2H3,(H,22,23). The van der Waals surface area contributed by atoms with Gasteiger partial charge in [0.25, 0.3) is 0 Å². The van der Waals surface area contributed by atoms with Crippen molar-refractivity contribution in [3.8, 4) is 0 Å². The molecular formula is C20H27NO2S2. The maximum Gasteiger partial charge on any atom is 0.304 e. The number of thioether (sulfide) groups is 1. The first-order chi connectivity index (χ1) is 12.1. The molecule has 0 radical (unpaired) electrons. The Balaban J connectivity index is 2.01. The predicted molar refractivity (Wildman–Crippen MR) is 107 cm³/mol. The molecule has 1 heterocycles. The zero-order chi connectivity index (χ0) is 18.1. The fourth-order valence-corrected chi connectivity index (χ4v) is 4.58. The minimum atomic E-state index is -0.740. The summed E-state index contributed by atoms with van der Waals surface area (Å²) in [7, 11) is 0. The van der Waals surface area contributed by atoms with E-state index >= 15 is 0 Å². The lowest BCUT2D eigenvalue weighted by Gasteiger charge is -2.21. The van der Waals surface area contributed by atoms with Crippen LogP contribution in [-0.4, -0.2) is 28.3 Å². The van der Waals surface area contributed by atoms with Gasteiger partial charge in [-0.15, -0.1) is 23.1 Å². The minimum absolute atomic E-state index is 0.176. The van der Waals surface area contributed by atoms with E-state index in [2.05, 4.69) is 54.5 Å². The number of carboxylic acids is 1. The number of rotatable bonds is 11. The van der Waals surface area contributed by atoms with E-state index in [1.807, 2.05) is 11.8 Å². The predicted octanol–water partition coefficient (Wildman–Crippen LogP) is 5.43. The van der Waals surface area contributed by atoms with Crippen molar-refractivity contribution in [1.29, 1.82) is 0 Å². The van der Waals surface area contributed by atoms with Crippen LogP contribution in [0.5, 0.6) is 0 Å². The summed E-state index contributed by atoms with van der Waals surface area (Å²) in [5.74, 6) is 0.410. The molecule has 0 fully saturated rings. The van der Waals surface area contributed by atoms with Crippen LogP contribution in [0.2, 0.25) is 0 Å². The van der Waals surface area contributed by atoms with Crippen molar-refractivity contribution < 1.29 is 9.90 Å². The first-order valence-electron chi connectivity index (χ1n) is 8.76. The molecule has 2 aromatic rings. The van der Waals surface area contributed by atoms with Gasteiger partial charge in [-0.2, -0.15) is 0 Å². The molecule has 1 N–H and O–H groups in total. The molecule has 0 amide bonds. The number of hydrogen-bond donors (Lipinski definition) is 1. The minimum Gasteiger partial charge on any atom is -0.481 e. The van der Waals surface area contributed by atoms with E-state index < -0.39 is 5.97 Å². The monoisotopic (exact) mass is 377 g/mol. The van der Waals surface area contributed by atoms with Crippen LogP contribution >= 0.6 is 23.1 Å². The fraction of sp³-hybridized carbons (Fsp3) is 0.450. The van der Waals surface area contributed by atoms with E-state index in [0.717, 1.165) is 18.8 Å². The van der Waals surface area contributed by atoms with Gasteiger partial charge in [-0.3, -0.25) is 9.69 Å². The summed E-state index contributed by atoms with van der Waals surface area (Å²) in [6.07, 6.45) is 2.63. The second kappa shape index (κ2) is 10.6. The van der Waals surface area contributed by atoms with E-state index in [4.69, 9.17) is 5.11 Å². The average molecular weight is 378 g/mol.